The fourth-order valence-corrected chi connectivity index (χ4v) is 3.67. The highest BCUT2D eigenvalue weighted by molar-refractivity contribution is 7.99. The summed E-state index contributed by atoms with van der Waals surface area (Å²) in [5.74, 6) is 0.985. The highest BCUT2D eigenvalue weighted by atomic mass is 32.2. The van der Waals surface area contributed by atoms with Crippen molar-refractivity contribution >= 4 is 17.7 Å². The smallest absolute Gasteiger partial charge is 0.307 e. The molecule has 0 aromatic heterocycles. The number of piperidine rings is 1. The SMILES string of the molecule is COC(=O)CC1CCCCN1CCSc1ccc(C)cc1. The first-order valence-corrected chi connectivity index (χ1v) is 8.68. The molecule has 1 aromatic rings. The highest BCUT2D eigenvalue weighted by Gasteiger charge is 2.24. The van der Waals surface area contributed by atoms with Crippen LogP contribution in [0.25, 0.3) is 0 Å². The second-order valence-corrected chi connectivity index (χ2v) is 6.80. The van der Waals surface area contributed by atoms with Gasteiger partial charge in [0.1, 0.15) is 0 Å². The van der Waals surface area contributed by atoms with Crippen LogP contribution in [0.1, 0.15) is 31.2 Å². The number of nitrogens with zero attached hydrogens (tertiary/aromatic N) is 1. The fraction of sp³-hybridized carbons (Fsp3) is 0.588. The van der Waals surface area contributed by atoms with Gasteiger partial charge in [-0.1, -0.05) is 24.1 Å². The summed E-state index contributed by atoms with van der Waals surface area (Å²) in [5, 5.41) is 0. The molecule has 1 aliphatic heterocycles. The highest BCUT2D eigenvalue weighted by Crippen LogP contribution is 2.23. The predicted molar refractivity (Wildman–Crippen MR) is 87.7 cm³/mol. The summed E-state index contributed by atoms with van der Waals surface area (Å²) in [4.78, 5) is 15.3. The molecule has 0 aliphatic carbocycles. The van der Waals surface area contributed by atoms with Crippen LogP contribution in [0.2, 0.25) is 0 Å². The Balaban J connectivity index is 1.79. The number of esters is 1. The molecule has 1 aromatic carbocycles. The van der Waals surface area contributed by atoms with Gasteiger partial charge in [0.25, 0.3) is 0 Å². The Bertz CT molecular complexity index is 447. The minimum Gasteiger partial charge on any atom is -0.469 e. The van der Waals surface area contributed by atoms with Gasteiger partial charge in [0.2, 0.25) is 0 Å². The summed E-state index contributed by atoms with van der Waals surface area (Å²) in [7, 11) is 1.47. The van der Waals surface area contributed by atoms with Crippen molar-refractivity contribution < 1.29 is 9.53 Å². The van der Waals surface area contributed by atoms with Gasteiger partial charge < -0.3 is 4.74 Å². The van der Waals surface area contributed by atoms with Crippen molar-refractivity contribution in [2.24, 2.45) is 0 Å². The van der Waals surface area contributed by atoms with E-state index in [2.05, 4.69) is 36.1 Å². The third-order valence-electron chi connectivity index (χ3n) is 4.05. The van der Waals surface area contributed by atoms with E-state index in [0.717, 1.165) is 25.3 Å². The number of carbonyl (C=O) groups excluding carboxylic acids is 1. The molecule has 1 atom stereocenters. The summed E-state index contributed by atoms with van der Waals surface area (Å²) in [6.07, 6.45) is 4.12. The fourth-order valence-electron chi connectivity index (χ4n) is 2.78. The standard InChI is InChI=1S/C17H25NO2S/c1-14-6-8-16(9-7-14)21-12-11-18-10-4-3-5-15(18)13-17(19)20-2/h6-9,15H,3-5,10-13H2,1-2H3. The molecule has 0 amide bonds. The normalized spacial score (nSPS) is 19.4. The van der Waals surface area contributed by atoms with E-state index in [1.54, 1.807) is 0 Å². The zero-order valence-corrected chi connectivity index (χ0v) is 13.8. The Morgan fingerprint density at radius 2 is 2.10 bits per heavy atom. The minimum atomic E-state index is -0.0851. The molecule has 116 valence electrons. The first kappa shape index (κ1) is 16.4. The summed E-state index contributed by atoms with van der Waals surface area (Å²) >= 11 is 1.89. The van der Waals surface area contributed by atoms with Crippen molar-refractivity contribution in [2.45, 2.75) is 43.5 Å². The average molecular weight is 307 g/mol. The quantitative estimate of drug-likeness (QED) is 0.594. The zero-order valence-electron chi connectivity index (χ0n) is 13.0. The molecule has 1 unspecified atom stereocenters. The van der Waals surface area contributed by atoms with Gasteiger partial charge in [-0.3, -0.25) is 9.69 Å². The molecule has 0 N–H and O–H groups in total. The second kappa shape index (κ2) is 8.44. The molecule has 1 saturated heterocycles. The molecule has 1 heterocycles. The maximum absolute atomic E-state index is 11.5. The van der Waals surface area contributed by atoms with E-state index in [1.807, 2.05) is 11.8 Å². The Morgan fingerprint density at radius 3 is 2.81 bits per heavy atom. The number of likely N-dealkylation sites (tertiary alicyclic amines) is 1. The van der Waals surface area contributed by atoms with Crippen LogP contribution in [-0.4, -0.2) is 42.9 Å². The van der Waals surface area contributed by atoms with E-state index in [0.29, 0.717) is 12.5 Å². The van der Waals surface area contributed by atoms with E-state index in [-0.39, 0.29) is 5.97 Å². The lowest BCUT2D eigenvalue weighted by Gasteiger charge is -2.35. The Morgan fingerprint density at radius 1 is 1.33 bits per heavy atom. The predicted octanol–water partition coefficient (Wildman–Crippen LogP) is 3.50. The number of hydrogen-bond donors (Lipinski definition) is 0. The van der Waals surface area contributed by atoms with E-state index in [4.69, 9.17) is 4.74 Å². The molecule has 3 nitrogen and oxygen atoms in total. The van der Waals surface area contributed by atoms with E-state index in [9.17, 15) is 4.79 Å². The van der Waals surface area contributed by atoms with Crippen LogP contribution in [0.5, 0.6) is 0 Å². The monoisotopic (exact) mass is 307 g/mol. The number of thioether (sulfide) groups is 1. The average Bonchev–Trinajstić information content (AvgIpc) is 2.51. The lowest BCUT2D eigenvalue weighted by atomic mass is 9.99. The number of hydrogen-bond acceptors (Lipinski definition) is 4. The largest absolute Gasteiger partial charge is 0.469 e. The third kappa shape index (κ3) is 5.36. The van der Waals surface area contributed by atoms with Crippen LogP contribution < -0.4 is 0 Å². The first-order valence-electron chi connectivity index (χ1n) is 7.69. The molecular weight excluding hydrogens is 282 g/mol. The van der Waals surface area contributed by atoms with Crippen LogP contribution in [0.15, 0.2) is 29.2 Å². The summed E-state index contributed by atoms with van der Waals surface area (Å²) in [6, 6.07) is 9.04. The van der Waals surface area contributed by atoms with Crippen LogP contribution in [-0.2, 0) is 9.53 Å². The Labute approximate surface area is 132 Å². The molecule has 2 rings (SSSR count). The van der Waals surface area contributed by atoms with E-state index < -0.39 is 0 Å². The zero-order chi connectivity index (χ0) is 15.1. The molecule has 0 bridgehead atoms. The van der Waals surface area contributed by atoms with Crippen molar-refractivity contribution in [1.29, 1.82) is 0 Å². The van der Waals surface area contributed by atoms with Crippen molar-refractivity contribution in [2.75, 3.05) is 26.0 Å². The summed E-state index contributed by atoms with van der Waals surface area (Å²) in [6.45, 7) is 4.26. The van der Waals surface area contributed by atoms with Gasteiger partial charge in [-0.05, 0) is 38.4 Å². The van der Waals surface area contributed by atoms with Gasteiger partial charge in [-0.25, -0.2) is 0 Å². The summed E-state index contributed by atoms with van der Waals surface area (Å²) in [5.41, 5.74) is 1.30. The van der Waals surface area contributed by atoms with Crippen LogP contribution >= 0.6 is 11.8 Å². The molecule has 4 heteroatoms. The molecule has 0 saturated carbocycles. The Kier molecular flexibility index (Phi) is 6.58. The van der Waals surface area contributed by atoms with Gasteiger partial charge in [-0.15, -0.1) is 11.8 Å². The Hall–Kier alpha value is -1.00. The second-order valence-electron chi connectivity index (χ2n) is 5.63. The molecule has 1 fully saturated rings. The number of benzene rings is 1. The molecule has 21 heavy (non-hydrogen) atoms. The van der Waals surface area contributed by atoms with E-state index >= 15 is 0 Å². The minimum absolute atomic E-state index is 0.0851. The van der Waals surface area contributed by atoms with Gasteiger partial charge >= 0.3 is 5.97 Å². The molecule has 0 spiro atoms. The van der Waals surface area contributed by atoms with Crippen molar-refractivity contribution in [3.63, 3.8) is 0 Å². The number of aryl methyl sites for hydroxylation is 1. The van der Waals surface area contributed by atoms with Crippen molar-refractivity contribution in [1.82, 2.24) is 4.90 Å². The lowest BCUT2D eigenvalue weighted by molar-refractivity contribution is -0.142. The number of rotatable bonds is 6. The summed E-state index contributed by atoms with van der Waals surface area (Å²) < 4.78 is 4.82. The number of methoxy groups -OCH3 is 1. The van der Waals surface area contributed by atoms with Crippen LogP contribution in [0, 0.1) is 6.92 Å². The van der Waals surface area contributed by atoms with Crippen LogP contribution in [0.4, 0.5) is 0 Å². The van der Waals surface area contributed by atoms with Gasteiger partial charge in [-0.2, -0.15) is 0 Å². The van der Waals surface area contributed by atoms with Gasteiger partial charge in [0.05, 0.1) is 13.5 Å². The molecule has 1 aliphatic rings. The maximum atomic E-state index is 11.5. The first-order chi connectivity index (χ1) is 10.2. The van der Waals surface area contributed by atoms with E-state index in [1.165, 1.54) is 30.4 Å². The van der Waals surface area contributed by atoms with Crippen molar-refractivity contribution in [3.05, 3.63) is 29.8 Å². The van der Waals surface area contributed by atoms with Crippen LogP contribution in [0.3, 0.4) is 0 Å². The van der Waals surface area contributed by atoms with Gasteiger partial charge in [0.15, 0.2) is 0 Å². The topological polar surface area (TPSA) is 29.5 Å². The maximum Gasteiger partial charge on any atom is 0.307 e. The number of ether oxygens (including phenoxy) is 1. The molecular formula is C17H25NO2S. The van der Waals surface area contributed by atoms with Crippen molar-refractivity contribution in [3.8, 4) is 0 Å². The van der Waals surface area contributed by atoms with Gasteiger partial charge in [0, 0.05) is 23.2 Å². The lowest BCUT2D eigenvalue weighted by Crippen LogP contribution is -2.42. The number of carbonyl (C=O) groups is 1. The molecule has 0 radical (unpaired) electrons. The third-order valence-corrected chi connectivity index (χ3v) is 5.04.